The number of aryl methyl sites for hydroxylation is 1. The van der Waals surface area contributed by atoms with Gasteiger partial charge in [-0.1, -0.05) is 20.8 Å². The van der Waals surface area contributed by atoms with E-state index in [1.165, 1.54) is 11.1 Å². The standard InChI is InChI=1S/C24H32O4/c1-4-20(25)18-13-17-14(12-21(18)26)6-7-16-15(17)10-11-24(3)19(16)8-9-22(24)28-23(27)5-2/h12-13,15-16,19,22,26H,4-11H2,1-3H3/t15-,16+,19-,22?,24-/m0/s1. The summed E-state index contributed by atoms with van der Waals surface area (Å²) in [5.41, 5.74) is 3.04. The third-order valence-electron chi connectivity index (χ3n) is 7.94. The molecule has 2 fully saturated rings. The second-order valence-electron chi connectivity index (χ2n) is 9.21. The van der Waals surface area contributed by atoms with Crippen LogP contribution in [0.25, 0.3) is 0 Å². The molecule has 3 aliphatic carbocycles. The van der Waals surface area contributed by atoms with Gasteiger partial charge < -0.3 is 9.84 Å². The minimum atomic E-state index is -0.0822. The van der Waals surface area contributed by atoms with E-state index in [0.29, 0.717) is 36.2 Å². The van der Waals surface area contributed by atoms with Crippen molar-refractivity contribution in [2.45, 2.75) is 84.2 Å². The average Bonchev–Trinajstić information content (AvgIpc) is 3.02. The first-order chi connectivity index (χ1) is 13.4. The Labute approximate surface area is 167 Å². The Balaban J connectivity index is 1.63. The van der Waals surface area contributed by atoms with Gasteiger partial charge in [0.1, 0.15) is 11.9 Å². The summed E-state index contributed by atoms with van der Waals surface area (Å²) in [5, 5.41) is 10.3. The van der Waals surface area contributed by atoms with Crippen molar-refractivity contribution < 1.29 is 19.4 Å². The van der Waals surface area contributed by atoms with Crippen LogP contribution in [0.5, 0.6) is 5.75 Å². The molecule has 152 valence electrons. The molecule has 4 rings (SSSR count). The number of rotatable bonds is 4. The van der Waals surface area contributed by atoms with Gasteiger partial charge in [-0.25, -0.2) is 0 Å². The first-order valence-corrected chi connectivity index (χ1v) is 11.0. The number of hydrogen-bond acceptors (Lipinski definition) is 4. The van der Waals surface area contributed by atoms with Crippen LogP contribution in [0.1, 0.15) is 93.1 Å². The molecule has 1 N–H and O–H groups in total. The lowest BCUT2D eigenvalue weighted by Gasteiger charge is -2.50. The van der Waals surface area contributed by atoms with Crippen molar-refractivity contribution in [3.8, 4) is 5.75 Å². The second-order valence-corrected chi connectivity index (χ2v) is 9.21. The number of fused-ring (bicyclic) bond motifs is 5. The van der Waals surface area contributed by atoms with Crippen LogP contribution in [0.3, 0.4) is 0 Å². The maximum atomic E-state index is 12.3. The molecule has 1 unspecified atom stereocenters. The average molecular weight is 385 g/mol. The Kier molecular flexibility index (Phi) is 5.01. The van der Waals surface area contributed by atoms with Gasteiger partial charge in [0.05, 0.1) is 5.56 Å². The predicted molar refractivity (Wildman–Crippen MR) is 108 cm³/mol. The zero-order valence-electron chi connectivity index (χ0n) is 17.3. The van der Waals surface area contributed by atoms with Crippen LogP contribution in [-0.2, 0) is 16.0 Å². The van der Waals surface area contributed by atoms with Crippen molar-refractivity contribution in [2.75, 3.05) is 0 Å². The van der Waals surface area contributed by atoms with Crippen LogP contribution in [0.15, 0.2) is 12.1 Å². The molecule has 1 aromatic rings. The van der Waals surface area contributed by atoms with Gasteiger partial charge in [-0.2, -0.15) is 0 Å². The Morgan fingerprint density at radius 2 is 1.93 bits per heavy atom. The first-order valence-electron chi connectivity index (χ1n) is 11.0. The third kappa shape index (κ3) is 2.96. The molecule has 0 aliphatic heterocycles. The van der Waals surface area contributed by atoms with E-state index in [4.69, 9.17) is 4.74 Å². The Morgan fingerprint density at radius 1 is 1.14 bits per heavy atom. The number of ether oxygens (including phenoxy) is 1. The van der Waals surface area contributed by atoms with E-state index >= 15 is 0 Å². The quantitative estimate of drug-likeness (QED) is 0.575. The lowest BCUT2D eigenvalue weighted by atomic mass is 9.55. The van der Waals surface area contributed by atoms with Crippen molar-refractivity contribution in [1.82, 2.24) is 0 Å². The summed E-state index contributed by atoms with van der Waals surface area (Å²) in [5.74, 6) is 1.65. The van der Waals surface area contributed by atoms with Gasteiger partial charge in [0.25, 0.3) is 0 Å². The Bertz CT molecular complexity index is 798. The topological polar surface area (TPSA) is 63.6 Å². The fourth-order valence-corrected chi connectivity index (χ4v) is 6.41. The number of phenols is 1. The van der Waals surface area contributed by atoms with Gasteiger partial charge in [-0.15, -0.1) is 0 Å². The molecular formula is C24H32O4. The largest absolute Gasteiger partial charge is 0.507 e. The molecule has 0 heterocycles. The normalized spacial score (nSPS) is 33.5. The number of carbonyl (C=O) groups excluding carboxylic acids is 2. The maximum absolute atomic E-state index is 12.3. The molecule has 0 saturated heterocycles. The van der Waals surface area contributed by atoms with E-state index in [2.05, 4.69) is 6.92 Å². The molecule has 4 heteroatoms. The molecular weight excluding hydrogens is 352 g/mol. The van der Waals surface area contributed by atoms with Crippen molar-refractivity contribution >= 4 is 11.8 Å². The van der Waals surface area contributed by atoms with Gasteiger partial charge in [0, 0.05) is 18.3 Å². The van der Waals surface area contributed by atoms with Crippen LogP contribution in [0.4, 0.5) is 0 Å². The molecule has 4 nitrogen and oxygen atoms in total. The van der Waals surface area contributed by atoms with Gasteiger partial charge in [-0.05, 0) is 79.5 Å². The minimum absolute atomic E-state index is 0.00970. The molecule has 3 aliphatic rings. The summed E-state index contributed by atoms with van der Waals surface area (Å²) in [4.78, 5) is 24.2. The molecule has 0 spiro atoms. The van der Waals surface area contributed by atoms with E-state index in [9.17, 15) is 14.7 Å². The number of Topliss-reactive ketones (excluding diaryl/α,β-unsaturated/α-hetero) is 1. The summed E-state index contributed by atoms with van der Waals surface area (Å²) in [6.07, 6.45) is 7.17. The molecule has 1 aromatic carbocycles. The summed E-state index contributed by atoms with van der Waals surface area (Å²) < 4.78 is 5.85. The van der Waals surface area contributed by atoms with Gasteiger partial charge in [0.15, 0.2) is 5.78 Å². The highest BCUT2D eigenvalue weighted by Gasteiger charge is 2.56. The molecule has 0 aromatic heterocycles. The van der Waals surface area contributed by atoms with E-state index in [0.717, 1.165) is 38.5 Å². The molecule has 28 heavy (non-hydrogen) atoms. The fraction of sp³-hybridized carbons (Fsp3) is 0.667. The first kappa shape index (κ1) is 19.5. The number of phenolic OH excluding ortho intramolecular Hbond substituents is 1. The van der Waals surface area contributed by atoms with Crippen LogP contribution < -0.4 is 0 Å². The number of carbonyl (C=O) groups is 2. The van der Waals surface area contributed by atoms with Crippen LogP contribution >= 0.6 is 0 Å². The number of benzene rings is 1. The van der Waals surface area contributed by atoms with Crippen molar-refractivity contribution in [2.24, 2.45) is 17.3 Å². The lowest BCUT2D eigenvalue weighted by Crippen LogP contribution is -2.45. The van der Waals surface area contributed by atoms with Crippen molar-refractivity contribution in [1.29, 1.82) is 0 Å². The zero-order chi connectivity index (χ0) is 20.1. The van der Waals surface area contributed by atoms with E-state index < -0.39 is 0 Å². The van der Waals surface area contributed by atoms with Gasteiger partial charge in [0.2, 0.25) is 0 Å². The molecule has 0 radical (unpaired) electrons. The highest BCUT2D eigenvalue weighted by atomic mass is 16.5. The fourth-order valence-electron chi connectivity index (χ4n) is 6.41. The smallest absolute Gasteiger partial charge is 0.305 e. The monoisotopic (exact) mass is 384 g/mol. The summed E-state index contributed by atoms with van der Waals surface area (Å²) in [7, 11) is 0. The van der Waals surface area contributed by atoms with Crippen LogP contribution in [0, 0.1) is 17.3 Å². The number of ketones is 1. The Morgan fingerprint density at radius 3 is 2.64 bits per heavy atom. The lowest BCUT2D eigenvalue weighted by molar-refractivity contribution is -0.157. The summed E-state index contributed by atoms with van der Waals surface area (Å²) in [6, 6.07) is 3.82. The summed E-state index contributed by atoms with van der Waals surface area (Å²) in [6.45, 7) is 6.02. The second kappa shape index (κ2) is 7.20. The number of esters is 1. The van der Waals surface area contributed by atoms with Gasteiger partial charge >= 0.3 is 5.97 Å². The van der Waals surface area contributed by atoms with E-state index in [-0.39, 0.29) is 29.0 Å². The van der Waals surface area contributed by atoms with Crippen molar-refractivity contribution in [3.05, 3.63) is 28.8 Å². The predicted octanol–water partition coefficient (Wildman–Crippen LogP) is 5.16. The zero-order valence-corrected chi connectivity index (χ0v) is 17.3. The Hall–Kier alpha value is -1.84. The van der Waals surface area contributed by atoms with E-state index in [1.807, 2.05) is 26.0 Å². The van der Waals surface area contributed by atoms with Gasteiger partial charge in [-0.3, -0.25) is 9.59 Å². The van der Waals surface area contributed by atoms with Crippen molar-refractivity contribution in [3.63, 3.8) is 0 Å². The highest BCUT2D eigenvalue weighted by molar-refractivity contribution is 5.98. The molecule has 5 atom stereocenters. The number of aromatic hydroxyl groups is 1. The maximum Gasteiger partial charge on any atom is 0.305 e. The van der Waals surface area contributed by atoms with Crippen LogP contribution in [-0.4, -0.2) is 23.0 Å². The SMILES string of the molecule is CCC(=O)OC1CC[C@H]2[C@@H]3CCc4cc(O)c(C(=O)CC)cc4[C@H]3CC[C@]12C. The minimum Gasteiger partial charge on any atom is -0.507 e. The van der Waals surface area contributed by atoms with Crippen LogP contribution in [0.2, 0.25) is 0 Å². The number of hydrogen-bond donors (Lipinski definition) is 1. The molecule has 2 saturated carbocycles. The summed E-state index contributed by atoms with van der Waals surface area (Å²) >= 11 is 0. The molecule has 0 bridgehead atoms. The van der Waals surface area contributed by atoms with E-state index in [1.54, 1.807) is 0 Å². The third-order valence-corrected chi connectivity index (χ3v) is 7.94. The molecule has 0 amide bonds. The highest BCUT2D eigenvalue weighted by Crippen LogP contribution is 2.61.